The van der Waals surface area contributed by atoms with E-state index in [9.17, 15) is 23.7 Å². The van der Waals surface area contributed by atoms with Crippen molar-refractivity contribution in [3.05, 3.63) is 33.9 Å². The Kier molecular flexibility index (Phi) is 4.82. The van der Waals surface area contributed by atoms with Gasteiger partial charge in [0.05, 0.1) is 9.82 Å². The highest BCUT2D eigenvalue weighted by atomic mass is 32.2. The van der Waals surface area contributed by atoms with Crippen LogP contribution in [0.1, 0.15) is 13.8 Å². The molecule has 5 nitrogen and oxygen atoms in total. The van der Waals surface area contributed by atoms with Gasteiger partial charge in [0.1, 0.15) is 11.1 Å². The highest BCUT2D eigenvalue weighted by molar-refractivity contribution is 8.00. The van der Waals surface area contributed by atoms with Crippen LogP contribution in [0.25, 0.3) is 0 Å². The Morgan fingerprint density at radius 2 is 2.00 bits per heavy atom. The molecule has 0 amide bonds. The predicted octanol–water partition coefficient (Wildman–Crippen LogP) is 3.07. The highest BCUT2D eigenvalue weighted by Crippen LogP contribution is 2.37. The number of hydrogen-bond donors (Lipinski definition) is 1. The van der Waals surface area contributed by atoms with Gasteiger partial charge in [0.2, 0.25) is 5.82 Å². The lowest BCUT2D eigenvalue weighted by atomic mass is 10.1. The second kappa shape index (κ2) is 5.96. The summed E-state index contributed by atoms with van der Waals surface area (Å²) in [6.45, 7) is 3.21. The van der Waals surface area contributed by atoms with Gasteiger partial charge >= 0.3 is 11.7 Å². The summed E-state index contributed by atoms with van der Waals surface area (Å²) in [6, 6.07) is 1.16. The lowest BCUT2D eigenvalue weighted by Gasteiger charge is -2.15. The van der Waals surface area contributed by atoms with Crippen LogP contribution in [0.3, 0.4) is 0 Å². The van der Waals surface area contributed by atoms with Crippen LogP contribution in [-0.4, -0.2) is 21.2 Å². The van der Waals surface area contributed by atoms with E-state index < -0.39 is 33.5 Å². The predicted molar refractivity (Wildman–Crippen MR) is 65.1 cm³/mol. The van der Waals surface area contributed by atoms with Crippen LogP contribution >= 0.6 is 11.8 Å². The molecular formula is C11H11F2NO4S. The number of benzene rings is 1. The number of nitro benzene ring substituents is 1. The molecule has 1 unspecified atom stereocenters. The van der Waals surface area contributed by atoms with Gasteiger partial charge in [0.25, 0.3) is 0 Å². The molecule has 0 bridgehead atoms. The van der Waals surface area contributed by atoms with Crippen LogP contribution in [0.2, 0.25) is 0 Å². The molecule has 1 aromatic rings. The maximum absolute atomic E-state index is 13.4. The monoisotopic (exact) mass is 291 g/mol. The molecule has 1 aromatic carbocycles. The Hall–Kier alpha value is -1.70. The van der Waals surface area contributed by atoms with Crippen LogP contribution in [0.5, 0.6) is 0 Å². The molecule has 0 aliphatic heterocycles. The maximum Gasteiger partial charge on any atom is 0.318 e. The number of hydrogen-bond acceptors (Lipinski definition) is 4. The number of thioether (sulfide) groups is 1. The molecule has 0 aliphatic rings. The van der Waals surface area contributed by atoms with Crippen molar-refractivity contribution >= 4 is 23.4 Å². The Morgan fingerprint density at radius 1 is 1.42 bits per heavy atom. The summed E-state index contributed by atoms with van der Waals surface area (Å²) in [5, 5.41) is 18.7. The zero-order valence-corrected chi connectivity index (χ0v) is 10.9. The van der Waals surface area contributed by atoms with E-state index >= 15 is 0 Å². The third-order valence-electron chi connectivity index (χ3n) is 2.28. The number of carboxylic acid groups (broad SMARTS) is 1. The molecule has 8 heteroatoms. The fourth-order valence-corrected chi connectivity index (χ4v) is 2.53. The van der Waals surface area contributed by atoms with Crippen LogP contribution in [0.4, 0.5) is 14.5 Å². The van der Waals surface area contributed by atoms with Crippen LogP contribution in [0.15, 0.2) is 17.0 Å². The zero-order chi connectivity index (χ0) is 14.7. The molecule has 0 aromatic heterocycles. The van der Waals surface area contributed by atoms with E-state index in [-0.39, 0.29) is 10.8 Å². The van der Waals surface area contributed by atoms with E-state index in [4.69, 9.17) is 5.11 Å². The summed E-state index contributed by atoms with van der Waals surface area (Å²) in [5.74, 6) is -3.86. The van der Waals surface area contributed by atoms with E-state index in [2.05, 4.69) is 0 Å². The Labute approximate surface area is 111 Å². The summed E-state index contributed by atoms with van der Waals surface area (Å²) in [4.78, 5) is 20.5. The average molecular weight is 291 g/mol. The minimum Gasteiger partial charge on any atom is -0.480 e. The van der Waals surface area contributed by atoms with E-state index in [1.165, 1.54) is 0 Å². The van der Waals surface area contributed by atoms with E-state index in [1.54, 1.807) is 13.8 Å². The van der Waals surface area contributed by atoms with Crippen molar-refractivity contribution in [2.75, 3.05) is 0 Å². The number of carboxylic acids is 1. The van der Waals surface area contributed by atoms with Gasteiger partial charge in [0.15, 0.2) is 0 Å². The first-order valence-electron chi connectivity index (χ1n) is 5.27. The van der Waals surface area contributed by atoms with Crippen LogP contribution in [0, 0.1) is 27.7 Å². The van der Waals surface area contributed by atoms with Crippen molar-refractivity contribution in [2.45, 2.75) is 24.0 Å². The average Bonchev–Trinajstić information content (AvgIpc) is 2.23. The second-order valence-corrected chi connectivity index (χ2v) is 5.30. The molecule has 0 radical (unpaired) electrons. The largest absolute Gasteiger partial charge is 0.480 e. The molecule has 0 saturated heterocycles. The summed E-state index contributed by atoms with van der Waals surface area (Å²) in [6.07, 6.45) is 0. The smallest absolute Gasteiger partial charge is 0.318 e. The molecule has 104 valence electrons. The minimum absolute atomic E-state index is 0.330. The van der Waals surface area contributed by atoms with Gasteiger partial charge in [-0.2, -0.15) is 4.39 Å². The molecule has 0 fully saturated rings. The molecule has 0 spiro atoms. The SMILES string of the molecule is CC(C)C(Sc1cc(F)cc(F)c1[N+](=O)[O-])C(=O)O. The van der Waals surface area contributed by atoms with E-state index in [0.29, 0.717) is 17.8 Å². The minimum atomic E-state index is -1.32. The maximum atomic E-state index is 13.4. The van der Waals surface area contributed by atoms with Crippen molar-refractivity contribution in [1.29, 1.82) is 0 Å². The first-order valence-corrected chi connectivity index (χ1v) is 6.15. The third-order valence-corrected chi connectivity index (χ3v) is 3.84. The van der Waals surface area contributed by atoms with Crippen molar-refractivity contribution in [3.63, 3.8) is 0 Å². The summed E-state index contributed by atoms with van der Waals surface area (Å²) >= 11 is 0.567. The molecule has 0 aliphatic carbocycles. The fourth-order valence-electron chi connectivity index (χ4n) is 1.42. The van der Waals surface area contributed by atoms with Crippen LogP contribution in [-0.2, 0) is 4.79 Å². The van der Waals surface area contributed by atoms with Crippen molar-refractivity contribution in [1.82, 2.24) is 0 Å². The second-order valence-electron chi connectivity index (χ2n) is 4.11. The van der Waals surface area contributed by atoms with E-state index in [1.807, 2.05) is 0 Å². The highest BCUT2D eigenvalue weighted by Gasteiger charge is 2.29. The first-order chi connectivity index (χ1) is 8.73. The summed E-state index contributed by atoms with van der Waals surface area (Å²) < 4.78 is 26.5. The molecule has 1 rings (SSSR count). The van der Waals surface area contributed by atoms with E-state index in [0.717, 1.165) is 6.07 Å². The quantitative estimate of drug-likeness (QED) is 0.512. The van der Waals surface area contributed by atoms with Gasteiger partial charge in [-0.1, -0.05) is 13.8 Å². The van der Waals surface area contributed by atoms with Gasteiger partial charge in [-0.25, -0.2) is 4.39 Å². The number of aliphatic carboxylic acids is 1. The standard InChI is InChI=1S/C11H11F2NO4S/c1-5(2)10(11(15)16)19-8-4-6(12)3-7(13)9(8)14(17)18/h3-5,10H,1-2H3,(H,15,16). The summed E-state index contributed by atoms with van der Waals surface area (Å²) in [7, 11) is 0. The van der Waals surface area contributed by atoms with Gasteiger partial charge in [0, 0.05) is 6.07 Å². The third kappa shape index (κ3) is 3.63. The van der Waals surface area contributed by atoms with Gasteiger partial charge in [-0.3, -0.25) is 14.9 Å². The Morgan fingerprint density at radius 3 is 2.42 bits per heavy atom. The normalized spacial score (nSPS) is 12.5. The van der Waals surface area contributed by atoms with Crippen molar-refractivity contribution in [3.8, 4) is 0 Å². The molecule has 0 heterocycles. The number of carbonyl (C=O) groups is 1. The lowest BCUT2D eigenvalue weighted by Crippen LogP contribution is -2.22. The molecule has 1 atom stereocenters. The number of nitrogens with zero attached hydrogens (tertiary/aromatic N) is 1. The Balaban J connectivity index is 3.26. The molecule has 1 N–H and O–H groups in total. The van der Waals surface area contributed by atoms with Gasteiger partial charge in [-0.15, -0.1) is 11.8 Å². The van der Waals surface area contributed by atoms with Crippen molar-refractivity contribution in [2.24, 2.45) is 5.92 Å². The first kappa shape index (κ1) is 15.4. The van der Waals surface area contributed by atoms with Gasteiger partial charge < -0.3 is 5.11 Å². The Bertz CT molecular complexity index is 522. The molecular weight excluding hydrogens is 280 g/mol. The van der Waals surface area contributed by atoms with Gasteiger partial charge in [-0.05, 0) is 12.0 Å². The van der Waals surface area contributed by atoms with Crippen LogP contribution < -0.4 is 0 Å². The molecule has 19 heavy (non-hydrogen) atoms. The van der Waals surface area contributed by atoms with Crippen molar-refractivity contribution < 1.29 is 23.6 Å². The number of nitro groups is 1. The fraction of sp³-hybridized carbons (Fsp3) is 0.364. The molecule has 0 saturated carbocycles. The topological polar surface area (TPSA) is 80.4 Å². The number of rotatable bonds is 5. The zero-order valence-electron chi connectivity index (χ0n) is 10.1. The lowest BCUT2D eigenvalue weighted by molar-refractivity contribution is -0.390. The summed E-state index contributed by atoms with van der Waals surface area (Å²) in [5.41, 5.74) is -0.904. The number of halogens is 2.